The van der Waals surface area contributed by atoms with Crippen LogP contribution in [0.3, 0.4) is 0 Å². The lowest BCUT2D eigenvalue weighted by Gasteiger charge is -2.22. The molecule has 2 N–H and O–H groups in total. The van der Waals surface area contributed by atoms with Crippen LogP contribution in [0.4, 0.5) is 5.82 Å². The molecule has 4 rings (SSSR count). The van der Waals surface area contributed by atoms with E-state index in [0.29, 0.717) is 23.4 Å². The van der Waals surface area contributed by atoms with Crippen molar-refractivity contribution in [2.75, 3.05) is 18.0 Å². The molecule has 1 amide bonds. The summed E-state index contributed by atoms with van der Waals surface area (Å²) in [4.78, 5) is 23.0. The van der Waals surface area contributed by atoms with Gasteiger partial charge in [-0.05, 0) is 50.3 Å². The number of furan rings is 1. The van der Waals surface area contributed by atoms with Crippen LogP contribution in [-0.2, 0) is 6.61 Å². The van der Waals surface area contributed by atoms with Gasteiger partial charge >= 0.3 is 0 Å². The van der Waals surface area contributed by atoms with Crippen LogP contribution in [0.2, 0.25) is 0 Å². The van der Waals surface area contributed by atoms with Crippen LogP contribution in [0.1, 0.15) is 54.2 Å². The van der Waals surface area contributed by atoms with Gasteiger partial charge in [0, 0.05) is 31.2 Å². The quantitative estimate of drug-likeness (QED) is 0.823. The maximum atomic E-state index is 12.4. The molecule has 0 aromatic carbocycles. The van der Waals surface area contributed by atoms with E-state index in [-0.39, 0.29) is 18.6 Å². The number of aliphatic hydroxyl groups is 1. The molecule has 2 unspecified atom stereocenters. The third-order valence-electron chi connectivity index (χ3n) is 5.28. The first kappa shape index (κ1) is 17.0. The monoisotopic (exact) mass is 356 g/mol. The highest BCUT2D eigenvalue weighted by molar-refractivity contribution is 5.91. The predicted molar refractivity (Wildman–Crippen MR) is 95.9 cm³/mol. The zero-order valence-electron chi connectivity index (χ0n) is 14.9. The number of aliphatic hydroxyl groups excluding tert-OH is 1. The van der Waals surface area contributed by atoms with Gasteiger partial charge in [0.2, 0.25) is 0 Å². The lowest BCUT2D eigenvalue weighted by Crippen LogP contribution is -2.39. The molecule has 2 aliphatic rings. The number of nitrogens with one attached hydrogen (secondary N) is 1. The Bertz CT molecular complexity index is 787. The van der Waals surface area contributed by atoms with Gasteiger partial charge in [0.1, 0.15) is 18.2 Å². The highest BCUT2D eigenvalue weighted by Gasteiger charge is 2.31. The molecule has 7 nitrogen and oxygen atoms in total. The van der Waals surface area contributed by atoms with Crippen molar-refractivity contribution in [2.45, 2.75) is 44.8 Å². The van der Waals surface area contributed by atoms with Crippen molar-refractivity contribution in [3.63, 3.8) is 0 Å². The first-order chi connectivity index (χ1) is 12.6. The molecule has 1 aliphatic heterocycles. The molecule has 0 spiro atoms. The van der Waals surface area contributed by atoms with E-state index in [1.807, 2.05) is 19.1 Å². The number of aromatic nitrogens is 2. The summed E-state index contributed by atoms with van der Waals surface area (Å²) >= 11 is 0. The first-order valence-electron chi connectivity index (χ1n) is 9.22. The van der Waals surface area contributed by atoms with Crippen LogP contribution in [0.15, 0.2) is 28.8 Å². The fourth-order valence-electron chi connectivity index (χ4n) is 3.50. The topological polar surface area (TPSA) is 91.5 Å². The number of hydrogen-bond acceptors (Lipinski definition) is 6. The van der Waals surface area contributed by atoms with E-state index in [1.54, 1.807) is 12.3 Å². The number of anilines is 1. The number of amides is 1. The Morgan fingerprint density at radius 2 is 2.23 bits per heavy atom. The van der Waals surface area contributed by atoms with Crippen molar-refractivity contribution in [3.05, 3.63) is 41.7 Å². The molecule has 138 valence electrons. The van der Waals surface area contributed by atoms with Gasteiger partial charge in [-0.1, -0.05) is 0 Å². The van der Waals surface area contributed by atoms with Gasteiger partial charge in [-0.2, -0.15) is 0 Å². The summed E-state index contributed by atoms with van der Waals surface area (Å²) in [6, 6.07) is 5.59. The van der Waals surface area contributed by atoms with E-state index in [9.17, 15) is 9.90 Å². The molecule has 26 heavy (non-hydrogen) atoms. The minimum atomic E-state index is -0.163. The lowest BCUT2D eigenvalue weighted by molar-refractivity contribution is 0.0899. The molecule has 2 atom stereocenters. The van der Waals surface area contributed by atoms with Gasteiger partial charge in [0.25, 0.3) is 5.91 Å². The Kier molecular flexibility index (Phi) is 4.63. The summed E-state index contributed by atoms with van der Waals surface area (Å²) in [7, 11) is 0. The number of rotatable bonds is 6. The number of hydrogen-bond donors (Lipinski definition) is 2. The third-order valence-corrected chi connectivity index (χ3v) is 5.28. The summed E-state index contributed by atoms with van der Waals surface area (Å²) < 4.78 is 5.69. The Balaban J connectivity index is 1.34. The maximum Gasteiger partial charge on any atom is 0.287 e. The normalized spacial score (nSPS) is 21.0. The standard InChI is InChI=1S/C19H24N4O3/c1-12(21-19(25)16-5-4-15(26-16)13-2-3-13)14-7-9-23(10-14)18-6-8-20-17(11-24)22-18/h4-6,8,12-14,24H,2-3,7,9-11H2,1H3,(H,21,25). The number of carbonyl (C=O) groups is 1. The average molecular weight is 356 g/mol. The summed E-state index contributed by atoms with van der Waals surface area (Å²) in [5, 5.41) is 12.3. The van der Waals surface area contributed by atoms with Gasteiger partial charge < -0.3 is 19.7 Å². The average Bonchev–Trinajstić information content (AvgIpc) is 3.19. The van der Waals surface area contributed by atoms with Crippen LogP contribution < -0.4 is 10.2 Å². The summed E-state index contributed by atoms with van der Waals surface area (Å²) in [5.74, 6) is 3.28. The largest absolute Gasteiger partial charge is 0.456 e. The molecular weight excluding hydrogens is 332 g/mol. The van der Waals surface area contributed by atoms with Gasteiger partial charge in [-0.25, -0.2) is 9.97 Å². The van der Waals surface area contributed by atoms with E-state index in [0.717, 1.165) is 43.9 Å². The molecule has 2 fully saturated rings. The third kappa shape index (κ3) is 3.58. The first-order valence-corrected chi connectivity index (χ1v) is 9.22. The van der Waals surface area contributed by atoms with E-state index in [4.69, 9.17) is 4.42 Å². The molecule has 0 bridgehead atoms. The van der Waals surface area contributed by atoms with E-state index in [2.05, 4.69) is 20.2 Å². The van der Waals surface area contributed by atoms with Gasteiger partial charge in [-0.15, -0.1) is 0 Å². The summed E-state index contributed by atoms with van der Waals surface area (Å²) in [6.07, 6.45) is 4.96. The van der Waals surface area contributed by atoms with Crippen molar-refractivity contribution >= 4 is 11.7 Å². The second-order valence-corrected chi connectivity index (χ2v) is 7.22. The van der Waals surface area contributed by atoms with Gasteiger partial charge in [0.05, 0.1) is 0 Å². The van der Waals surface area contributed by atoms with Crippen LogP contribution in [0.5, 0.6) is 0 Å². The second kappa shape index (κ2) is 7.07. The smallest absolute Gasteiger partial charge is 0.287 e. The maximum absolute atomic E-state index is 12.4. The van der Waals surface area contributed by atoms with Crippen LogP contribution in [-0.4, -0.2) is 40.1 Å². The second-order valence-electron chi connectivity index (χ2n) is 7.22. The molecule has 1 saturated carbocycles. The Labute approximate surface area is 152 Å². The van der Waals surface area contributed by atoms with Crippen molar-refractivity contribution in [1.29, 1.82) is 0 Å². The highest BCUT2D eigenvalue weighted by atomic mass is 16.4. The summed E-state index contributed by atoms with van der Waals surface area (Å²) in [5.41, 5.74) is 0. The van der Waals surface area contributed by atoms with E-state index in [1.165, 1.54) is 0 Å². The molecular formula is C19H24N4O3. The van der Waals surface area contributed by atoms with Crippen LogP contribution in [0, 0.1) is 5.92 Å². The zero-order chi connectivity index (χ0) is 18.1. The fraction of sp³-hybridized carbons (Fsp3) is 0.526. The molecule has 0 radical (unpaired) electrons. The molecule has 1 aliphatic carbocycles. The minimum Gasteiger partial charge on any atom is -0.456 e. The van der Waals surface area contributed by atoms with E-state index >= 15 is 0 Å². The van der Waals surface area contributed by atoms with Gasteiger partial charge in [-0.3, -0.25) is 4.79 Å². The Hall–Kier alpha value is -2.41. The predicted octanol–water partition coefficient (Wildman–Crippen LogP) is 2.08. The van der Waals surface area contributed by atoms with Crippen molar-refractivity contribution in [2.24, 2.45) is 5.92 Å². The molecule has 2 aromatic rings. The minimum absolute atomic E-state index is 0.0427. The van der Waals surface area contributed by atoms with Crippen LogP contribution in [0.25, 0.3) is 0 Å². The fourth-order valence-corrected chi connectivity index (χ4v) is 3.50. The number of carbonyl (C=O) groups excluding carboxylic acids is 1. The lowest BCUT2D eigenvalue weighted by atomic mass is 10.0. The Morgan fingerprint density at radius 1 is 1.38 bits per heavy atom. The molecule has 7 heteroatoms. The molecule has 2 aromatic heterocycles. The van der Waals surface area contributed by atoms with Crippen molar-refractivity contribution < 1.29 is 14.3 Å². The van der Waals surface area contributed by atoms with Crippen LogP contribution >= 0.6 is 0 Å². The van der Waals surface area contributed by atoms with Gasteiger partial charge in [0.15, 0.2) is 11.6 Å². The summed E-state index contributed by atoms with van der Waals surface area (Å²) in [6.45, 7) is 3.56. The van der Waals surface area contributed by atoms with Crippen molar-refractivity contribution in [1.82, 2.24) is 15.3 Å². The molecule has 3 heterocycles. The SMILES string of the molecule is CC(NC(=O)c1ccc(C2CC2)o1)C1CCN(c2ccnc(CO)n2)C1. The highest BCUT2D eigenvalue weighted by Crippen LogP contribution is 2.40. The molecule has 1 saturated heterocycles. The van der Waals surface area contributed by atoms with E-state index < -0.39 is 0 Å². The van der Waals surface area contributed by atoms with Crippen molar-refractivity contribution in [3.8, 4) is 0 Å². The Morgan fingerprint density at radius 3 is 3.00 bits per heavy atom. The number of nitrogens with zero attached hydrogens (tertiary/aromatic N) is 3. The zero-order valence-corrected chi connectivity index (χ0v) is 14.9.